The van der Waals surface area contributed by atoms with Crippen LogP contribution >= 0.6 is 11.8 Å². The third kappa shape index (κ3) is 5.38. The van der Waals surface area contributed by atoms with Gasteiger partial charge in [0.1, 0.15) is 22.6 Å². The molecule has 0 spiro atoms. The number of hydrogen-bond donors (Lipinski definition) is 1. The molecule has 0 aliphatic carbocycles. The Hall–Kier alpha value is -3.10. The highest BCUT2D eigenvalue weighted by Crippen LogP contribution is 2.36. The van der Waals surface area contributed by atoms with Crippen molar-refractivity contribution < 1.29 is 9.53 Å². The lowest BCUT2D eigenvalue weighted by atomic mass is 10.1. The minimum atomic E-state index is 0.551. The highest BCUT2D eigenvalue weighted by molar-refractivity contribution is 7.99. The molecule has 0 saturated carbocycles. The molecule has 3 heterocycles. The summed E-state index contributed by atoms with van der Waals surface area (Å²) in [5.74, 6) is 4.04. The van der Waals surface area contributed by atoms with E-state index in [2.05, 4.69) is 24.8 Å². The molecular formula is C23H24N6O2S. The second-order valence-corrected chi connectivity index (χ2v) is 8.35. The van der Waals surface area contributed by atoms with Crippen LogP contribution in [0.25, 0.3) is 17.5 Å². The van der Waals surface area contributed by atoms with E-state index in [0.29, 0.717) is 31.4 Å². The number of morpholine rings is 1. The highest BCUT2D eigenvalue weighted by atomic mass is 32.2. The Morgan fingerprint density at radius 3 is 2.69 bits per heavy atom. The average molecular weight is 449 g/mol. The molecular weight excluding hydrogens is 424 g/mol. The maximum atomic E-state index is 10.9. The average Bonchev–Trinajstić information content (AvgIpc) is 2.81. The van der Waals surface area contributed by atoms with E-state index < -0.39 is 0 Å². The van der Waals surface area contributed by atoms with Crippen LogP contribution in [0.3, 0.4) is 0 Å². The first-order valence-electron chi connectivity index (χ1n) is 10.4. The second kappa shape index (κ2) is 10.5. The fourth-order valence-electron chi connectivity index (χ4n) is 3.40. The summed E-state index contributed by atoms with van der Waals surface area (Å²) in [5, 5.41) is 0.812. The molecule has 164 valence electrons. The number of rotatable bonds is 7. The highest BCUT2D eigenvalue weighted by Gasteiger charge is 2.16. The van der Waals surface area contributed by atoms with Crippen molar-refractivity contribution in [1.82, 2.24) is 19.9 Å². The molecule has 1 saturated heterocycles. The van der Waals surface area contributed by atoms with Crippen molar-refractivity contribution in [2.75, 3.05) is 37.7 Å². The number of benzene rings is 1. The van der Waals surface area contributed by atoms with E-state index in [4.69, 9.17) is 10.5 Å². The molecule has 0 unspecified atom stereocenters. The van der Waals surface area contributed by atoms with Crippen LogP contribution in [0.1, 0.15) is 17.0 Å². The summed E-state index contributed by atoms with van der Waals surface area (Å²) in [5.41, 5.74) is 8.24. The van der Waals surface area contributed by atoms with E-state index >= 15 is 0 Å². The Kier molecular flexibility index (Phi) is 7.24. The zero-order valence-corrected chi connectivity index (χ0v) is 18.6. The van der Waals surface area contributed by atoms with Crippen LogP contribution in [0, 0.1) is 6.92 Å². The number of ether oxygens (including phenoxy) is 1. The quantitative estimate of drug-likeness (QED) is 0.431. The molecule has 0 atom stereocenters. The second-order valence-electron chi connectivity index (χ2n) is 7.28. The van der Waals surface area contributed by atoms with Gasteiger partial charge in [-0.25, -0.2) is 24.7 Å². The van der Waals surface area contributed by atoms with E-state index in [9.17, 15) is 4.79 Å². The molecule has 0 bridgehead atoms. The van der Waals surface area contributed by atoms with E-state index in [1.807, 2.05) is 37.1 Å². The lowest BCUT2D eigenvalue weighted by Gasteiger charge is -2.28. The van der Waals surface area contributed by atoms with E-state index in [0.717, 1.165) is 51.9 Å². The molecule has 2 N–H and O–H groups in total. The molecule has 1 aliphatic rings. The van der Waals surface area contributed by atoms with Gasteiger partial charge in [-0.3, -0.25) is 0 Å². The molecule has 1 aromatic carbocycles. The number of aromatic nitrogens is 4. The predicted molar refractivity (Wildman–Crippen MR) is 124 cm³/mol. The van der Waals surface area contributed by atoms with Gasteiger partial charge in [0.05, 0.1) is 13.2 Å². The van der Waals surface area contributed by atoms with Crippen LogP contribution in [0.4, 0.5) is 5.82 Å². The molecule has 2 aromatic heterocycles. The van der Waals surface area contributed by atoms with Crippen molar-refractivity contribution in [1.29, 1.82) is 0 Å². The number of hydrogen-bond acceptors (Lipinski definition) is 9. The summed E-state index contributed by atoms with van der Waals surface area (Å²) in [6, 6.07) is 7.68. The van der Waals surface area contributed by atoms with E-state index in [1.165, 1.54) is 17.8 Å². The molecule has 1 fully saturated rings. The van der Waals surface area contributed by atoms with Gasteiger partial charge in [0.25, 0.3) is 0 Å². The zero-order chi connectivity index (χ0) is 22.3. The van der Waals surface area contributed by atoms with Gasteiger partial charge in [-0.2, -0.15) is 0 Å². The van der Waals surface area contributed by atoms with Gasteiger partial charge in [-0.1, -0.05) is 17.8 Å². The number of aryl methyl sites for hydroxylation is 1. The standard InChI is InChI=1S/C23H24N6O2S/c1-16-27-21(29-7-10-31-11-8-29)13-22(28-16)32-20-12-17(5-9-30)2-3-19(20)23-25-14-18(4-6-24)15-26-23/h2-3,5,12-15H,4,6-8,10-11,24H2,1H3. The Morgan fingerprint density at radius 2 is 1.97 bits per heavy atom. The van der Waals surface area contributed by atoms with Crippen LogP contribution < -0.4 is 10.6 Å². The number of nitrogens with zero attached hydrogens (tertiary/aromatic N) is 5. The largest absolute Gasteiger partial charge is 0.378 e. The zero-order valence-electron chi connectivity index (χ0n) is 17.8. The Bertz CT molecular complexity index is 1130. The van der Waals surface area contributed by atoms with Gasteiger partial charge < -0.3 is 15.4 Å². The predicted octanol–water partition coefficient (Wildman–Crippen LogP) is 2.58. The Balaban J connectivity index is 1.69. The fourth-order valence-corrected chi connectivity index (χ4v) is 4.43. The summed E-state index contributed by atoms with van der Waals surface area (Å²) in [4.78, 5) is 32.3. The van der Waals surface area contributed by atoms with Crippen molar-refractivity contribution in [3.63, 3.8) is 0 Å². The molecule has 9 heteroatoms. The maximum Gasteiger partial charge on any atom is 0.160 e. The van der Waals surface area contributed by atoms with Crippen molar-refractivity contribution in [3.8, 4) is 11.4 Å². The Morgan fingerprint density at radius 1 is 1.19 bits per heavy atom. The maximum absolute atomic E-state index is 10.9. The molecule has 0 radical (unpaired) electrons. The van der Waals surface area contributed by atoms with E-state index in [1.54, 1.807) is 12.4 Å². The normalized spacial score (nSPS) is 13.6. The molecule has 4 rings (SSSR count). The lowest BCUT2D eigenvalue weighted by Crippen LogP contribution is -2.36. The van der Waals surface area contributed by atoms with Crippen LogP contribution in [0.15, 0.2) is 46.6 Å². The van der Waals surface area contributed by atoms with Crippen molar-refractivity contribution in [3.05, 3.63) is 53.6 Å². The smallest absolute Gasteiger partial charge is 0.160 e. The number of carbonyl (C=O) groups excluding carboxylic acids is 1. The van der Waals surface area contributed by atoms with Crippen molar-refractivity contribution >= 4 is 29.6 Å². The minimum Gasteiger partial charge on any atom is -0.378 e. The van der Waals surface area contributed by atoms with Gasteiger partial charge in [-0.15, -0.1) is 0 Å². The van der Waals surface area contributed by atoms with Crippen LogP contribution in [0.5, 0.6) is 0 Å². The topological polar surface area (TPSA) is 107 Å². The first kappa shape index (κ1) is 22.1. The summed E-state index contributed by atoms with van der Waals surface area (Å²) < 4.78 is 5.46. The first-order chi connectivity index (χ1) is 15.7. The van der Waals surface area contributed by atoms with Gasteiger partial charge >= 0.3 is 0 Å². The first-order valence-corrected chi connectivity index (χ1v) is 11.2. The lowest BCUT2D eigenvalue weighted by molar-refractivity contribution is 0.122. The summed E-state index contributed by atoms with van der Waals surface area (Å²) in [6.07, 6.45) is 5.74. The summed E-state index contributed by atoms with van der Waals surface area (Å²) in [7, 11) is 0. The fraction of sp³-hybridized carbons (Fsp3) is 0.304. The van der Waals surface area contributed by atoms with Crippen molar-refractivity contribution in [2.24, 2.45) is 5.73 Å². The van der Waals surface area contributed by atoms with Gasteiger partial charge in [0.2, 0.25) is 0 Å². The van der Waals surface area contributed by atoms with Crippen LogP contribution in [0.2, 0.25) is 0 Å². The molecule has 1 aliphatic heterocycles. The number of nitrogens with two attached hydrogens (primary N) is 1. The third-order valence-electron chi connectivity index (χ3n) is 4.96. The molecule has 8 nitrogen and oxygen atoms in total. The van der Waals surface area contributed by atoms with E-state index in [-0.39, 0.29) is 0 Å². The van der Waals surface area contributed by atoms with Crippen molar-refractivity contribution in [2.45, 2.75) is 23.3 Å². The molecule has 0 amide bonds. The van der Waals surface area contributed by atoms with Gasteiger partial charge in [-0.05, 0) is 43.1 Å². The Labute approximate surface area is 191 Å². The van der Waals surface area contributed by atoms with Crippen LogP contribution in [-0.2, 0) is 16.0 Å². The van der Waals surface area contributed by atoms with Gasteiger partial charge in [0, 0.05) is 48.1 Å². The SMILES string of the molecule is Cc1nc(Sc2cc(C=C=O)ccc2-c2ncc(CCN)cn2)cc(N2CCOCC2)n1. The molecule has 3 aromatic rings. The summed E-state index contributed by atoms with van der Waals surface area (Å²) in [6.45, 7) is 5.41. The summed E-state index contributed by atoms with van der Waals surface area (Å²) >= 11 is 1.50. The monoisotopic (exact) mass is 448 g/mol. The minimum absolute atomic E-state index is 0.551. The third-order valence-corrected chi connectivity index (χ3v) is 5.94. The number of anilines is 1. The van der Waals surface area contributed by atoms with Gasteiger partial charge in [0.15, 0.2) is 5.82 Å². The molecule has 32 heavy (non-hydrogen) atoms. The van der Waals surface area contributed by atoms with Crippen LogP contribution in [-0.4, -0.2) is 58.7 Å².